The Morgan fingerprint density at radius 3 is 3.00 bits per heavy atom. The summed E-state index contributed by atoms with van der Waals surface area (Å²) in [6.45, 7) is 4.06. The average Bonchev–Trinajstić information content (AvgIpc) is 2.65. The Balaban J connectivity index is 2.15. The van der Waals surface area contributed by atoms with E-state index >= 15 is 0 Å². The van der Waals surface area contributed by atoms with Gasteiger partial charge in [-0.2, -0.15) is 11.3 Å². The van der Waals surface area contributed by atoms with Gasteiger partial charge in [0.2, 0.25) is 0 Å². The first-order valence-corrected chi connectivity index (χ1v) is 5.74. The fourth-order valence-electron chi connectivity index (χ4n) is 1.23. The van der Waals surface area contributed by atoms with E-state index in [2.05, 4.69) is 29.1 Å². The zero-order valence-corrected chi connectivity index (χ0v) is 8.94. The van der Waals surface area contributed by atoms with Gasteiger partial charge in [-0.1, -0.05) is 0 Å². The van der Waals surface area contributed by atoms with E-state index in [1.54, 1.807) is 11.3 Å². The lowest BCUT2D eigenvalue weighted by atomic mass is 10.2. The molecule has 0 saturated heterocycles. The largest absolute Gasteiger partial charge is 0.330 e. The molecule has 0 bridgehead atoms. The van der Waals surface area contributed by atoms with Crippen LogP contribution < -0.4 is 11.1 Å². The minimum atomic E-state index is 0.476. The van der Waals surface area contributed by atoms with Crippen LogP contribution in [0, 0.1) is 0 Å². The second-order valence-corrected chi connectivity index (χ2v) is 4.01. The quantitative estimate of drug-likeness (QED) is 0.687. The Bertz CT molecular complexity index is 209. The van der Waals surface area contributed by atoms with E-state index in [4.69, 9.17) is 5.73 Å². The number of unbranched alkanes of at least 4 members (excludes halogenated alkanes) is 1. The van der Waals surface area contributed by atoms with Gasteiger partial charge in [0.25, 0.3) is 0 Å². The summed E-state index contributed by atoms with van der Waals surface area (Å²) in [5.74, 6) is 0. The van der Waals surface area contributed by atoms with Crippen molar-refractivity contribution >= 4 is 11.3 Å². The molecule has 0 spiro atoms. The summed E-state index contributed by atoms with van der Waals surface area (Å²) in [5, 5.41) is 7.78. The maximum Gasteiger partial charge on any atom is 0.0300 e. The Morgan fingerprint density at radius 2 is 2.38 bits per heavy atom. The van der Waals surface area contributed by atoms with E-state index in [0.717, 1.165) is 19.5 Å². The molecule has 2 nitrogen and oxygen atoms in total. The van der Waals surface area contributed by atoms with Crippen molar-refractivity contribution in [2.45, 2.75) is 25.8 Å². The van der Waals surface area contributed by atoms with Gasteiger partial charge in [0, 0.05) is 6.04 Å². The van der Waals surface area contributed by atoms with Gasteiger partial charge in [-0.15, -0.1) is 0 Å². The smallest absolute Gasteiger partial charge is 0.0300 e. The highest BCUT2D eigenvalue weighted by Crippen LogP contribution is 2.15. The molecular weight excluding hydrogens is 180 g/mol. The van der Waals surface area contributed by atoms with Crippen molar-refractivity contribution < 1.29 is 0 Å². The van der Waals surface area contributed by atoms with Gasteiger partial charge in [0.05, 0.1) is 0 Å². The van der Waals surface area contributed by atoms with Gasteiger partial charge in [-0.25, -0.2) is 0 Å². The van der Waals surface area contributed by atoms with Crippen molar-refractivity contribution in [1.82, 2.24) is 5.32 Å². The monoisotopic (exact) mass is 198 g/mol. The Kier molecular flexibility index (Phi) is 5.05. The van der Waals surface area contributed by atoms with Gasteiger partial charge in [0.1, 0.15) is 0 Å². The van der Waals surface area contributed by atoms with Gasteiger partial charge in [-0.05, 0) is 55.2 Å². The summed E-state index contributed by atoms with van der Waals surface area (Å²) in [6, 6.07) is 2.65. The first-order chi connectivity index (χ1) is 6.34. The van der Waals surface area contributed by atoms with Crippen LogP contribution >= 0.6 is 11.3 Å². The molecule has 0 fully saturated rings. The molecule has 0 aromatic carbocycles. The van der Waals surface area contributed by atoms with Crippen molar-refractivity contribution in [2.24, 2.45) is 5.73 Å². The molecule has 0 saturated carbocycles. The lowest BCUT2D eigenvalue weighted by molar-refractivity contribution is 0.550. The molecule has 74 valence electrons. The van der Waals surface area contributed by atoms with E-state index in [1.807, 2.05) is 0 Å². The van der Waals surface area contributed by atoms with Crippen molar-refractivity contribution in [3.05, 3.63) is 22.4 Å². The van der Waals surface area contributed by atoms with Crippen molar-refractivity contribution in [3.8, 4) is 0 Å². The second kappa shape index (κ2) is 6.13. The number of nitrogens with one attached hydrogen (secondary N) is 1. The molecule has 3 heteroatoms. The Morgan fingerprint density at radius 1 is 1.54 bits per heavy atom. The van der Waals surface area contributed by atoms with Crippen molar-refractivity contribution in [2.75, 3.05) is 13.1 Å². The van der Waals surface area contributed by atoms with Crippen LogP contribution in [0.1, 0.15) is 31.4 Å². The molecule has 1 aromatic rings. The first-order valence-electron chi connectivity index (χ1n) is 4.80. The number of nitrogens with two attached hydrogens (primary N) is 1. The van der Waals surface area contributed by atoms with E-state index in [-0.39, 0.29) is 0 Å². The second-order valence-electron chi connectivity index (χ2n) is 3.23. The van der Waals surface area contributed by atoms with Gasteiger partial charge < -0.3 is 11.1 Å². The molecule has 3 N–H and O–H groups in total. The van der Waals surface area contributed by atoms with E-state index in [9.17, 15) is 0 Å². The number of thiophene rings is 1. The van der Waals surface area contributed by atoms with E-state index in [0.29, 0.717) is 6.04 Å². The third kappa shape index (κ3) is 3.89. The Hall–Kier alpha value is -0.380. The third-order valence-corrected chi connectivity index (χ3v) is 2.83. The molecule has 1 unspecified atom stereocenters. The zero-order valence-electron chi connectivity index (χ0n) is 8.12. The highest BCUT2D eigenvalue weighted by Gasteiger charge is 2.03. The molecule has 0 aliphatic carbocycles. The van der Waals surface area contributed by atoms with E-state index in [1.165, 1.54) is 12.0 Å². The summed E-state index contributed by atoms with van der Waals surface area (Å²) in [7, 11) is 0. The maximum absolute atomic E-state index is 5.41. The molecule has 1 heterocycles. The number of hydrogen-bond acceptors (Lipinski definition) is 3. The molecule has 0 aliphatic rings. The highest BCUT2D eigenvalue weighted by atomic mass is 32.1. The summed E-state index contributed by atoms with van der Waals surface area (Å²) in [6.07, 6.45) is 2.29. The molecule has 1 rings (SSSR count). The fourth-order valence-corrected chi connectivity index (χ4v) is 1.98. The van der Waals surface area contributed by atoms with Crippen molar-refractivity contribution in [3.63, 3.8) is 0 Å². The van der Waals surface area contributed by atoms with Crippen LogP contribution in [0.25, 0.3) is 0 Å². The molecule has 1 aromatic heterocycles. The van der Waals surface area contributed by atoms with Crippen LogP contribution in [-0.2, 0) is 0 Å². The van der Waals surface area contributed by atoms with Gasteiger partial charge >= 0.3 is 0 Å². The fraction of sp³-hybridized carbons (Fsp3) is 0.600. The molecule has 1 atom stereocenters. The lowest BCUT2D eigenvalue weighted by Crippen LogP contribution is -2.20. The summed E-state index contributed by atoms with van der Waals surface area (Å²) >= 11 is 1.75. The summed E-state index contributed by atoms with van der Waals surface area (Å²) in [5.41, 5.74) is 6.80. The molecule has 0 radical (unpaired) electrons. The molecule has 13 heavy (non-hydrogen) atoms. The van der Waals surface area contributed by atoms with Gasteiger partial charge in [0.15, 0.2) is 0 Å². The van der Waals surface area contributed by atoms with E-state index < -0.39 is 0 Å². The predicted molar refractivity (Wildman–Crippen MR) is 59.0 cm³/mol. The van der Waals surface area contributed by atoms with Crippen LogP contribution in [0.15, 0.2) is 16.8 Å². The molecular formula is C10H18N2S. The highest BCUT2D eigenvalue weighted by molar-refractivity contribution is 7.07. The minimum Gasteiger partial charge on any atom is -0.330 e. The maximum atomic E-state index is 5.41. The predicted octanol–water partition coefficient (Wildman–Crippen LogP) is 2.14. The van der Waals surface area contributed by atoms with Crippen LogP contribution in [0.3, 0.4) is 0 Å². The minimum absolute atomic E-state index is 0.476. The van der Waals surface area contributed by atoms with Crippen LogP contribution in [-0.4, -0.2) is 13.1 Å². The summed E-state index contributed by atoms with van der Waals surface area (Å²) < 4.78 is 0. The Labute approximate surface area is 84.2 Å². The van der Waals surface area contributed by atoms with Crippen molar-refractivity contribution in [1.29, 1.82) is 0 Å². The first kappa shape index (κ1) is 10.7. The number of hydrogen-bond donors (Lipinski definition) is 2. The molecule has 0 aliphatic heterocycles. The van der Waals surface area contributed by atoms with Crippen LogP contribution in [0.4, 0.5) is 0 Å². The lowest BCUT2D eigenvalue weighted by Gasteiger charge is -2.11. The SMILES string of the molecule is CC(NCCCCN)c1ccsc1. The molecule has 0 amide bonds. The normalized spacial score (nSPS) is 13.1. The summed E-state index contributed by atoms with van der Waals surface area (Å²) in [4.78, 5) is 0. The standard InChI is InChI=1S/C10H18N2S/c1-9(10-4-7-13-8-10)12-6-3-2-5-11/h4,7-9,12H,2-3,5-6,11H2,1H3. The number of rotatable bonds is 6. The van der Waals surface area contributed by atoms with Crippen LogP contribution in [0.2, 0.25) is 0 Å². The average molecular weight is 198 g/mol. The zero-order chi connectivity index (χ0) is 9.52. The topological polar surface area (TPSA) is 38.0 Å². The van der Waals surface area contributed by atoms with Crippen LogP contribution in [0.5, 0.6) is 0 Å². The third-order valence-electron chi connectivity index (χ3n) is 2.12. The van der Waals surface area contributed by atoms with Gasteiger partial charge in [-0.3, -0.25) is 0 Å².